The Bertz CT molecular complexity index is 1650. The fourth-order valence-electron chi connectivity index (χ4n) is 3.94. The van der Waals surface area contributed by atoms with Crippen LogP contribution in [0.5, 0.6) is 0 Å². The zero-order chi connectivity index (χ0) is 23.1. The Morgan fingerprint density at radius 1 is 0.765 bits per heavy atom. The van der Waals surface area contributed by atoms with Gasteiger partial charge in [0, 0.05) is 28.7 Å². The van der Waals surface area contributed by atoms with Crippen molar-refractivity contribution < 1.29 is 0 Å². The lowest BCUT2D eigenvalue weighted by Gasteiger charge is -2.14. The summed E-state index contributed by atoms with van der Waals surface area (Å²) >= 11 is 6.10. The molecule has 6 rings (SSSR count). The van der Waals surface area contributed by atoms with E-state index in [1.807, 2.05) is 71.4 Å². The molecule has 0 aliphatic heterocycles. The van der Waals surface area contributed by atoms with Crippen molar-refractivity contribution in [3.8, 4) is 28.5 Å². The largest absolute Gasteiger partial charge is 0.286 e. The van der Waals surface area contributed by atoms with Gasteiger partial charge in [-0.25, -0.2) is 14.6 Å². The third-order valence-corrected chi connectivity index (χ3v) is 5.84. The molecule has 8 heteroatoms. The third-order valence-electron chi connectivity index (χ3n) is 5.59. The highest BCUT2D eigenvalue weighted by Crippen LogP contribution is 2.25. The Kier molecular flexibility index (Phi) is 4.82. The van der Waals surface area contributed by atoms with E-state index in [1.165, 1.54) is 0 Å². The van der Waals surface area contributed by atoms with Crippen molar-refractivity contribution in [3.63, 3.8) is 0 Å². The molecule has 7 nitrogen and oxygen atoms in total. The molecule has 3 heterocycles. The average Bonchev–Trinajstić information content (AvgIpc) is 3.56. The van der Waals surface area contributed by atoms with Crippen molar-refractivity contribution in [2.75, 3.05) is 0 Å². The number of benzene rings is 3. The summed E-state index contributed by atoms with van der Waals surface area (Å²) in [6, 6.07) is 26.4. The predicted octanol–water partition coefficient (Wildman–Crippen LogP) is 5.08. The lowest BCUT2D eigenvalue weighted by atomic mass is 10.1. The Balaban J connectivity index is 1.61. The van der Waals surface area contributed by atoms with Gasteiger partial charge in [0.05, 0.1) is 11.4 Å². The van der Waals surface area contributed by atoms with Crippen LogP contribution in [0.3, 0.4) is 0 Å². The van der Waals surface area contributed by atoms with Gasteiger partial charge < -0.3 is 0 Å². The summed E-state index contributed by atoms with van der Waals surface area (Å²) in [5.74, 6) is 0.504. The van der Waals surface area contributed by atoms with Gasteiger partial charge in [-0.15, -0.1) is 0 Å². The van der Waals surface area contributed by atoms with Gasteiger partial charge in [0.1, 0.15) is 12.2 Å². The van der Waals surface area contributed by atoms with Crippen molar-refractivity contribution in [1.82, 2.24) is 28.9 Å². The van der Waals surface area contributed by atoms with Crippen molar-refractivity contribution in [2.45, 2.75) is 0 Å². The Hall–Kier alpha value is -4.49. The van der Waals surface area contributed by atoms with Gasteiger partial charge >= 0.3 is 0 Å². The van der Waals surface area contributed by atoms with E-state index < -0.39 is 0 Å². The van der Waals surface area contributed by atoms with Crippen LogP contribution in [-0.2, 0) is 0 Å². The topological polar surface area (TPSA) is 70.5 Å². The molecule has 0 saturated heterocycles. The van der Waals surface area contributed by atoms with Crippen LogP contribution in [0.2, 0.25) is 5.02 Å². The fraction of sp³-hybridized carbons (Fsp3) is 0. The van der Waals surface area contributed by atoms with Crippen molar-refractivity contribution in [1.29, 1.82) is 0 Å². The van der Waals surface area contributed by atoms with E-state index in [4.69, 9.17) is 16.6 Å². The maximum absolute atomic E-state index is 13.7. The van der Waals surface area contributed by atoms with E-state index in [1.54, 1.807) is 46.0 Å². The molecule has 0 aliphatic rings. The van der Waals surface area contributed by atoms with Crippen LogP contribution in [0, 0.1) is 0 Å². The lowest BCUT2D eigenvalue weighted by Crippen LogP contribution is -2.22. The number of aromatic nitrogens is 6. The van der Waals surface area contributed by atoms with Crippen LogP contribution in [0.4, 0.5) is 0 Å². The van der Waals surface area contributed by atoms with E-state index in [0.29, 0.717) is 22.2 Å². The number of nitrogens with zero attached hydrogens (tertiary/aromatic N) is 6. The maximum atomic E-state index is 13.7. The Labute approximate surface area is 199 Å². The summed E-state index contributed by atoms with van der Waals surface area (Å²) in [6.45, 7) is 0. The minimum absolute atomic E-state index is 0.256. The molecule has 164 valence electrons. The summed E-state index contributed by atoms with van der Waals surface area (Å²) in [4.78, 5) is 23.1. The first-order valence-corrected chi connectivity index (χ1v) is 11.0. The van der Waals surface area contributed by atoms with Crippen LogP contribution in [0.15, 0.2) is 108 Å². The average molecular weight is 465 g/mol. The summed E-state index contributed by atoms with van der Waals surface area (Å²) in [5, 5.41) is 4.86. The van der Waals surface area contributed by atoms with Gasteiger partial charge in [0.2, 0.25) is 0 Å². The first-order valence-electron chi connectivity index (χ1n) is 10.6. The van der Waals surface area contributed by atoms with Crippen molar-refractivity contribution in [3.05, 3.63) is 119 Å². The van der Waals surface area contributed by atoms with E-state index >= 15 is 0 Å². The zero-order valence-electron chi connectivity index (χ0n) is 17.8. The molecule has 0 N–H and O–H groups in total. The Morgan fingerprint density at radius 2 is 1.50 bits per heavy atom. The summed E-state index contributed by atoms with van der Waals surface area (Å²) in [7, 11) is 0. The summed E-state index contributed by atoms with van der Waals surface area (Å²) in [6.07, 6.45) is 5.24. The van der Waals surface area contributed by atoms with Gasteiger partial charge in [-0.05, 0) is 66.7 Å². The van der Waals surface area contributed by atoms with Crippen LogP contribution >= 0.6 is 11.6 Å². The van der Waals surface area contributed by atoms with Crippen LogP contribution < -0.4 is 5.56 Å². The monoisotopic (exact) mass is 464 g/mol. The lowest BCUT2D eigenvalue weighted by molar-refractivity contribution is 0.880. The second-order valence-corrected chi connectivity index (χ2v) is 8.11. The SMILES string of the molecule is O=c1c2ncn(-c3ccccc3)c2nc(-c2ccc(-n3cccn3)cc2)n1-c1ccc(Cl)cc1. The number of fused-ring (bicyclic) bond motifs is 1. The van der Waals surface area contributed by atoms with Gasteiger partial charge in [0.15, 0.2) is 11.2 Å². The van der Waals surface area contributed by atoms with Gasteiger partial charge in [-0.3, -0.25) is 13.9 Å². The molecular weight excluding hydrogens is 448 g/mol. The second kappa shape index (κ2) is 8.13. The molecule has 0 spiro atoms. The first-order chi connectivity index (χ1) is 16.7. The van der Waals surface area contributed by atoms with Gasteiger partial charge in [-0.2, -0.15) is 5.10 Å². The minimum Gasteiger partial charge on any atom is -0.283 e. The molecule has 0 atom stereocenters. The molecule has 0 amide bonds. The highest BCUT2D eigenvalue weighted by molar-refractivity contribution is 6.30. The number of halogens is 1. The number of para-hydroxylation sites is 1. The first kappa shape index (κ1) is 20.1. The van der Waals surface area contributed by atoms with E-state index in [0.717, 1.165) is 16.9 Å². The molecule has 3 aromatic heterocycles. The van der Waals surface area contributed by atoms with Crippen LogP contribution in [0.25, 0.3) is 39.6 Å². The molecule has 34 heavy (non-hydrogen) atoms. The van der Waals surface area contributed by atoms with E-state index in [9.17, 15) is 4.79 Å². The molecule has 0 aliphatic carbocycles. The van der Waals surface area contributed by atoms with Crippen molar-refractivity contribution in [2.24, 2.45) is 0 Å². The van der Waals surface area contributed by atoms with Crippen molar-refractivity contribution >= 4 is 22.8 Å². The molecule has 6 aromatic rings. The summed E-state index contributed by atoms with van der Waals surface area (Å²) in [5.41, 5.74) is 3.75. The molecule has 0 fully saturated rings. The highest BCUT2D eigenvalue weighted by Gasteiger charge is 2.19. The molecule has 0 bridgehead atoms. The highest BCUT2D eigenvalue weighted by atomic mass is 35.5. The maximum Gasteiger partial charge on any atom is 0.286 e. The van der Waals surface area contributed by atoms with Gasteiger partial charge in [-0.1, -0.05) is 29.8 Å². The van der Waals surface area contributed by atoms with Crippen LogP contribution in [-0.4, -0.2) is 28.9 Å². The molecule has 0 saturated carbocycles. The minimum atomic E-state index is -0.256. The number of rotatable bonds is 4. The van der Waals surface area contributed by atoms with Gasteiger partial charge in [0.25, 0.3) is 5.56 Å². The van der Waals surface area contributed by atoms with E-state index in [2.05, 4.69) is 10.1 Å². The quantitative estimate of drug-likeness (QED) is 0.365. The number of hydrogen-bond donors (Lipinski definition) is 0. The number of hydrogen-bond acceptors (Lipinski definition) is 4. The third kappa shape index (κ3) is 3.39. The standard InChI is InChI=1S/C26H17ClN6O/c27-19-9-13-22(14-10-19)33-24(18-7-11-21(12-8-18)32-16-4-15-29-32)30-25-23(26(33)34)28-17-31(25)20-5-2-1-3-6-20/h1-17H. The Morgan fingerprint density at radius 3 is 2.21 bits per heavy atom. The fourth-order valence-corrected chi connectivity index (χ4v) is 4.06. The summed E-state index contributed by atoms with van der Waals surface area (Å²) < 4.78 is 5.17. The second-order valence-electron chi connectivity index (χ2n) is 7.67. The zero-order valence-corrected chi connectivity index (χ0v) is 18.5. The molecular formula is C26H17ClN6O. The molecule has 0 unspecified atom stereocenters. The predicted molar refractivity (Wildman–Crippen MR) is 132 cm³/mol. The van der Waals surface area contributed by atoms with Crippen LogP contribution in [0.1, 0.15) is 0 Å². The normalized spacial score (nSPS) is 11.2. The smallest absolute Gasteiger partial charge is 0.283 e. The molecule has 0 radical (unpaired) electrons. The number of imidazole rings is 1. The van der Waals surface area contributed by atoms with E-state index in [-0.39, 0.29) is 11.1 Å². The molecule has 3 aromatic carbocycles.